The number of ether oxygens (including phenoxy) is 5. The van der Waals surface area contributed by atoms with Crippen LogP contribution in [0.2, 0.25) is 0 Å². The zero-order valence-corrected chi connectivity index (χ0v) is 59.4. The lowest BCUT2D eigenvalue weighted by Gasteiger charge is -2.29. The Morgan fingerprint density at radius 3 is 1.15 bits per heavy atom. The van der Waals surface area contributed by atoms with Gasteiger partial charge in [0.1, 0.15) is 107 Å². The van der Waals surface area contributed by atoms with Crippen molar-refractivity contribution in [2.24, 2.45) is 28.7 Å². The Balaban J connectivity index is 0.000000218. The Hall–Kier alpha value is -10.2. The number of aryl methyl sites for hydroxylation is 1. The van der Waals surface area contributed by atoms with Gasteiger partial charge in [-0.3, -0.25) is 62.4 Å². The molecule has 10 rings (SSSR count). The first-order valence-electron chi connectivity index (χ1n) is 32.7. The number of alkyl halides is 5. The van der Waals surface area contributed by atoms with Crippen molar-refractivity contribution in [2.45, 2.75) is 192 Å². The van der Waals surface area contributed by atoms with Crippen LogP contribution in [0.25, 0.3) is 0 Å². The molecule has 5 aliphatic rings. The fourth-order valence-corrected chi connectivity index (χ4v) is 11.9. The molecule has 0 aliphatic carbocycles. The third-order valence-corrected chi connectivity index (χ3v) is 17.4. The van der Waals surface area contributed by atoms with E-state index in [9.17, 15) is 125 Å². The second-order valence-electron chi connectivity index (χ2n) is 25.4. The van der Waals surface area contributed by atoms with Gasteiger partial charge >= 0.3 is 34.1 Å². The number of aromatic nitrogens is 12. The largest absolute Gasteiger partial charge is 0.391 e. The molecule has 0 aromatic carbocycles. The minimum absolute atomic E-state index is 0.221. The Labute approximate surface area is 623 Å². The molecule has 0 spiro atoms. The van der Waals surface area contributed by atoms with E-state index in [1.165, 1.54) is 41.5 Å². The summed E-state index contributed by atoms with van der Waals surface area (Å²) >= 11 is 0. The normalized spacial score (nSPS) is 32.0. The van der Waals surface area contributed by atoms with Crippen molar-refractivity contribution in [3.05, 3.63) is 153 Å². The Morgan fingerprint density at radius 2 is 0.786 bits per heavy atom. The van der Waals surface area contributed by atoms with Crippen molar-refractivity contribution in [3.63, 3.8) is 0 Å². The summed E-state index contributed by atoms with van der Waals surface area (Å²) in [7, 11) is 0. The van der Waals surface area contributed by atoms with Crippen LogP contribution in [-0.4, -0.2) is 262 Å². The van der Waals surface area contributed by atoms with Gasteiger partial charge in [-0.05, 0) is 41.5 Å². The predicted molar refractivity (Wildman–Crippen MR) is 368 cm³/mol. The zero-order chi connectivity index (χ0) is 84.2. The average Bonchev–Trinajstić information content (AvgIpc) is 1.65. The molecule has 5 aromatic rings. The fourth-order valence-electron chi connectivity index (χ4n) is 11.9. The second-order valence-corrected chi connectivity index (χ2v) is 25.4. The quantitative estimate of drug-likeness (QED) is 0.0456. The van der Waals surface area contributed by atoms with E-state index in [4.69, 9.17) is 52.4 Å². The summed E-state index contributed by atoms with van der Waals surface area (Å²) in [5.74, 6) is 20.7. The summed E-state index contributed by atoms with van der Waals surface area (Å²) in [5.41, 5.74) is 12.3. The van der Waals surface area contributed by atoms with E-state index in [1.54, 1.807) is 4.98 Å². The van der Waals surface area contributed by atoms with Gasteiger partial charge in [0.25, 0.3) is 22.2 Å². The second kappa shape index (κ2) is 37.4. The highest BCUT2D eigenvalue weighted by Gasteiger charge is 2.61. The van der Waals surface area contributed by atoms with E-state index in [2.05, 4.69) is 68.4 Å². The first-order valence-corrected chi connectivity index (χ1v) is 32.7. The van der Waals surface area contributed by atoms with Crippen LogP contribution in [0.3, 0.4) is 0 Å². The van der Waals surface area contributed by atoms with Crippen LogP contribution < -0.4 is 85.0 Å². The minimum atomic E-state index is -2.00. The van der Waals surface area contributed by atoms with Crippen LogP contribution in [0.4, 0.5) is 26.3 Å². The maximum atomic E-state index is 13.5. The van der Waals surface area contributed by atoms with E-state index in [-0.39, 0.29) is 5.69 Å². The smallest absolute Gasteiger partial charge is 0.350 e. The molecule has 5 saturated heterocycles. The molecule has 5 aliphatic heterocycles. The third-order valence-electron chi connectivity index (χ3n) is 17.4. The van der Waals surface area contributed by atoms with Gasteiger partial charge in [0.05, 0.1) is 36.7 Å². The van der Waals surface area contributed by atoms with Gasteiger partial charge in [-0.15, -0.1) is 0 Å². The Bertz CT molecular complexity index is 4860. The van der Waals surface area contributed by atoms with Gasteiger partial charge in [-0.2, -0.15) is 19.2 Å². The van der Waals surface area contributed by atoms with E-state index in [0.29, 0.717) is 15.4 Å². The molecular formula is C64H79F6N17O25. The standard InChI is InChI=1S/C14H18FN3O5.C13H15F2N3O5.C13H16FN3O5.2C12H15FN4O5/c1-7-6-9(20)17-13(22)18(7)12-14(16,4-3-5-15)11(21)10(23-12)8(2)19;1-6(19)8-9(20)13(16,3-2-4-14)11(23-8)18-5-7(15)10(21)17-12(18)22;1-7(18)9-10(20)13(15,4-2-5-14)11(22-9)17-6-3-8(19)16-12(17)21;1-6(18)7-8(19)12(14,3-2-4-13)9(22-7)17-5-15-10(20)16-11(17)21;1-6(18)8-9(20)12(14,3-2-4-13)10(22-8)17-11(21)16-7(19)5-15-17/h6,8,10-12,19,21H,5,16H2,1-2H3,(H,17,20,22);5-6,8-9,11,19-20H,4,16H2,1H3,(H,17,21,22);3,6-7,9-11,18,20H,5,15H2,1H3,(H,16,19,21);5-9,18-19H,4,14H2,1H3,(H,16,20,21);5-6,8-10,18,20H,4,14H2,1H3,(H,16,19,21)/t8-,10-,11+,12-,14?;6-,8-,9+,11-,13?;7-,9-,10+,11-,13?;6-,7-,8+,9-,12?;6-,8-,9+,10-,12?/m11111/s1. The fraction of sp³-hybridized carbons (Fsp3) is 0.562. The van der Waals surface area contributed by atoms with E-state index in [1.807, 2.05) is 20.9 Å². The van der Waals surface area contributed by atoms with Crippen LogP contribution in [0.15, 0.2) is 85.0 Å². The monoisotopic (exact) mass is 1600 g/mol. The van der Waals surface area contributed by atoms with Crippen molar-refractivity contribution in [2.75, 3.05) is 33.4 Å². The molecule has 5 aromatic heterocycles. The molecule has 10 heterocycles. The molecule has 0 radical (unpaired) electrons. The topological polar surface area (TPSA) is 679 Å². The zero-order valence-electron chi connectivity index (χ0n) is 59.4. The van der Waals surface area contributed by atoms with Crippen LogP contribution >= 0.6 is 0 Å². The number of hydrogen-bond donors (Lipinski definition) is 20. The number of aromatic amines is 5. The number of nitrogens with zero attached hydrogens (tertiary/aromatic N) is 7. The van der Waals surface area contributed by atoms with Crippen molar-refractivity contribution in [1.82, 2.24) is 58.0 Å². The highest BCUT2D eigenvalue weighted by atomic mass is 19.1. The van der Waals surface area contributed by atoms with Crippen LogP contribution in [0.1, 0.15) is 71.5 Å². The molecule has 48 heteroatoms. The van der Waals surface area contributed by atoms with Crippen molar-refractivity contribution < 1.29 is 101 Å². The number of halogens is 6. The molecule has 5 unspecified atom stereocenters. The van der Waals surface area contributed by atoms with E-state index >= 15 is 0 Å². The van der Waals surface area contributed by atoms with Crippen molar-refractivity contribution in [1.29, 1.82) is 0 Å². The van der Waals surface area contributed by atoms with Gasteiger partial charge in [0, 0.05) is 24.0 Å². The lowest BCUT2D eigenvalue weighted by atomic mass is 9.90. The molecular weight excluding hydrogens is 1520 g/mol. The van der Waals surface area contributed by atoms with E-state index in [0.717, 1.165) is 44.6 Å². The van der Waals surface area contributed by atoms with Crippen LogP contribution in [-0.2, 0) is 23.7 Å². The number of H-pyrrole nitrogens is 5. The minimum Gasteiger partial charge on any atom is -0.391 e. The molecule has 5 fully saturated rings. The molecule has 112 heavy (non-hydrogen) atoms. The highest BCUT2D eigenvalue weighted by Crippen LogP contribution is 2.42. The summed E-state index contributed by atoms with van der Waals surface area (Å²) < 4.78 is 106. The summed E-state index contributed by atoms with van der Waals surface area (Å²) in [6.45, 7) is 3.11. The highest BCUT2D eigenvalue weighted by molar-refractivity contribution is 5.31. The van der Waals surface area contributed by atoms with Crippen LogP contribution in [0, 0.1) is 71.9 Å². The molecule has 612 valence electrons. The van der Waals surface area contributed by atoms with Crippen molar-refractivity contribution >= 4 is 0 Å². The molecule has 42 nitrogen and oxygen atoms in total. The first-order chi connectivity index (χ1) is 52.4. The lowest BCUT2D eigenvalue weighted by Crippen LogP contribution is -2.56. The SMILES string of the molecule is C[C@@H](O)[C@H]1O[C@@H](n2cc(F)c(=O)[nH]c2=O)C(N)(C#CCF)[C@H]1O.C[C@@H](O)[C@H]1O[C@@H](n2ccc(=O)[nH]c2=O)C(N)(C#CCF)[C@H]1O.C[C@@H](O)[C@H]1O[C@@H](n2cnc(=O)[nH]c2=O)C(N)(C#CCF)[C@H]1O.C[C@@H](O)[C@H]1O[C@@H](n2ncc(=O)[nH]c2=O)C(N)(C#CCF)[C@H]1O.Cc1cc(=O)[nH]c(=O)n1[C@@H]1O[C@H]([C@@H](C)O)[C@H](O)C1(N)C#CCF. The summed E-state index contributed by atoms with van der Waals surface area (Å²) in [6.07, 6.45) is -22.6. The number of nitrogens with one attached hydrogen (secondary N) is 5. The molecule has 0 saturated carbocycles. The maximum Gasteiger partial charge on any atom is 0.350 e. The lowest BCUT2D eigenvalue weighted by molar-refractivity contribution is -0.0817. The summed E-state index contributed by atoms with van der Waals surface area (Å²) in [6, 6.07) is 2.21. The first kappa shape index (κ1) is 90.7. The van der Waals surface area contributed by atoms with E-state index < -0.39 is 246 Å². The van der Waals surface area contributed by atoms with Gasteiger partial charge in [0.15, 0.2) is 58.8 Å². The summed E-state index contributed by atoms with van der Waals surface area (Å²) in [4.78, 5) is 128. The van der Waals surface area contributed by atoms with Crippen LogP contribution in [0.5, 0.6) is 0 Å². The number of aliphatic hydroxyl groups excluding tert-OH is 10. The molecule has 25 atom stereocenters. The average molecular weight is 1600 g/mol. The van der Waals surface area contributed by atoms with Gasteiger partial charge < -0.3 is 103 Å². The number of hydrogen-bond acceptors (Lipinski definition) is 32. The number of rotatable bonds is 10. The Morgan fingerprint density at radius 1 is 0.455 bits per heavy atom. The van der Waals surface area contributed by atoms with Crippen molar-refractivity contribution in [3.8, 4) is 59.2 Å². The Kier molecular flexibility index (Phi) is 30.3. The maximum absolute atomic E-state index is 13.5. The summed E-state index contributed by atoms with van der Waals surface area (Å²) in [5, 5.41) is 103. The van der Waals surface area contributed by atoms with Gasteiger partial charge in [0.2, 0.25) is 5.82 Å². The predicted octanol–water partition coefficient (Wildman–Crippen LogP) is -11.5. The number of nitrogens with two attached hydrogens (primary N) is 5. The third kappa shape index (κ3) is 19.1. The van der Waals surface area contributed by atoms with Gasteiger partial charge in [-0.1, -0.05) is 59.2 Å². The molecule has 0 amide bonds. The number of aliphatic hydroxyl groups is 10. The molecule has 0 bridgehead atoms. The van der Waals surface area contributed by atoms with Gasteiger partial charge in [-0.25, -0.2) is 50.7 Å². The molecule has 25 N–H and O–H groups in total.